The van der Waals surface area contributed by atoms with Crippen LogP contribution in [0.3, 0.4) is 0 Å². The van der Waals surface area contributed by atoms with E-state index in [0.29, 0.717) is 0 Å². The lowest BCUT2D eigenvalue weighted by atomic mass is 10.5. The smallest absolute Gasteiger partial charge is 0.0892 e. The fourth-order valence-electron chi connectivity index (χ4n) is 0.243. The molecule has 0 aromatic rings. The molecular weight excluding hydrogens is 102 g/mol. The number of aliphatic hydroxyl groups is 1. The Kier molecular flexibility index (Phi) is 3.58. The maximum Gasteiger partial charge on any atom is 0.0892 e. The normalized spacial score (nSPS) is 12.4. The Morgan fingerprint density at radius 3 is 2.75 bits per heavy atom. The van der Waals surface area contributed by atoms with Gasteiger partial charge < -0.3 is 5.11 Å². The van der Waals surface area contributed by atoms with E-state index in [-0.39, 0.29) is 5.76 Å². The van der Waals surface area contributed by atoms with Crippen LogP contribution < -0.4 is 0 Å². The minimum atomic E-state index is 0.268. The van der Waals surface area contributed by atoms with Crippen molar-refractivity contribution in [2.24, 2.45) is 4.99 Å². The van der Waals surface area contributed by atoms with E-state index in [0.717, 1.165) is 0 Å². The molecule has 0 heterocycles. The van der Waals surface area contributed by atoms with Crippen LogP contribution >= 0.6 is 0 Å². The van der Waals surface area contributed by atoms with Gasteiger partial charge in [-0.2, -0.15) is 0 Å². The second-order valence-corrected chi connectivity index (χ2v) is 1.33. The van der Waals surface area contributed by atoms with Crippen molar-refractivity contribution in [1.29, 1.82) is 0 Å². The van der Waals surface area contributed by atoms with Gasteiger partial charge in [0, 0.05) is 6.20 Å². The Labute approximate surface area is 48.9 Å². The van der Waals surface area contributed by atoms with Gasteiger partial charge in [-0.25, -0.2) is 0 Å². The molecule has 0 aromatic heterocycles. The summed E-state index contributed by atoms with van der Waals surface area (Å²) in [6.07, 6.45) is 4.65. The molecule has 0 unspecified atom stereocenters. The zero-order chi connectivity index (χ0) is 6.41. The van der Waals surface area contributed by atoms with E-state index in [2.05, 4.69) is 11.7 Å². The quantitative estimate of drug-likeness (QED) is 0.328. The summed E-state index contributed by atoms with van der Waals surface area (Å²) in [5.74, 6) is 0.268. The van der Waals surface area contributed by atoms with Crippen molar-refractivity contribution < 1.29 is 5.11 Å². The van der Waals surface area contributed by atoms with E-state index in [1.807, 2.05) is 0 Å². The topological polar surface area (TPSA) is 32.6 Å². The zero-order valence-electron chi connectivity index (χ0n) is 4.83. The second kappa shape index (κ2) is 4.12. The van der Waals surface area contributed by atoms with Gasteiger partial charge in [0.05, 0.1) is 5.76 Å². The van der Waals surface area contributed by atoms with Crippen LogP contribution in [-0.2, 0) is 0 Å². The minimum Gasteiger partial charge on any atom is -0.513 e. The second-order valence-electron chi connectivity index (χ2n) is 1.33. The van der Waals surface area contributed by atoms with Crippen LogP contribution in [0, 0.1) is 0 Å². The van der Waals surface area contributed by atoms with Crippen LogP contribution in [0.15, 0.2) is 29.1 Å². The molecule has 0 aromatic carbocycles. The highest BCUT2D eigenvalue weighted by Gasteiger charge is 1.69. The first-order valence-corrected chi connectivity index (χ1v) is 2.25. The average Bonchev–Trinajstić information content (AvgIpc) is 1.66. The van der Waals surface area contributed by atoms with Crippen molar-refractivity contribution in [2.75, 3.05) is 0 Å². The lowest BCUT2D eigenvalue weighted by molar-refractivity contribution is 0.414. The molecule has 0 aliphatic heterocycles. The highest BCUT2D eigenvalue weighted by molar-refractivity contribution is 5.26. The summed E-state index contributed by atoms with van der Waals surface area (Å²) in [5, 5.41) is 8.53. The summed E-state index contributed by atoms with van der Waals surface area (Å²) in [6.45, 7) is 4.80. The van der Waals surface area contributed by atoms with E-state index >= 15 is 0 Å². The molecule has 0 aliphatic rings. The molecule has 44 valence electrons. The molecule has 0 bridgehead atoms. The molecular formula is C6H9NO. The fourth-order valence-corrected chi connectivity index (χ4v) is 0.243. The van der Waals surface area contributed by atoms with E-state index < -0.39 is 0 Å². The van der Waals surface area contributed by atoms with Crippen molar-refractivity contribution in [2.45, 2.75) is 6.92 Å². The van der Waals surface area contributed by atoms with Gasteiger partial charge >= 0.3 is 0 Å². The number of aliphatic hydroxyl groups excluding tert-OH is 1. The van der Waals surface area contributed by atoms with Crippen molar-refractivity contribution in [3.63, 3.8) is 0 Å². The SMILES string of the molecule is C=N/C=C\C=C(/C)O. The lowest BCUT2D eigenvalue weighted by Gasteiger charge is -1.78. The van der Waals surface area contributed by atoms with E-state index in [9.17, 15) is 0 Å². The molecule has 0 aliphatic carbocycles. The van der Waals surface area contributed by atoms with Crippen LogP contribution in [0.1, 0.15) is 6.92 Å². The molecule has 0 spiro atoms. The Morgan fingerprint density at radius 2 is 2.38 bits per heavy atom. The average molecular weight is 111 g/mol. The van der Waals surface area contributed by atoms with Gasteiger partial charge in [-0.05, 0) is 25.8 Å². The predicted molar refractivity (Wildman–Crippen MR) is 35.1 cm³/mol. The van der Waals surface area contributed by atoms with Gasteiger partial charge in [0.25, 0.3) is 0 Å². The molecule has 1 N–H and O–H groups in total. The van der Waals surface area contributed by atoms with Crippen LogP contribution in [0.2, 0.25) is 0 Å². The summed E-state index contributed by atoms with van der Waals surface area (Å²) in [4.78, 5) is 3.42. The largest absolute Gasteiger partial charge is 0.513 e. The molecule has 0 atom stereocenters. The number of allylic oxidation sites excluding steroid dienone is 3. The monoisotopic (exact) mass is 111 g/mol. The third kappa shape index (κ3) is 4.95. The van der Waals surface area contributed by atoms with Gasteiger partial charge in [0.2, 0.25) is 0 Å². The molecule has 0 radical (unpaired) electrons. The molecule has 0 rings (SSSR count). The maximum absolute atomic E-state index is 8.53. The first-order chi connectivity index (χ1) is 3.77. The Balaban J connectivity index is 3.57. The van der Waals surface area contributed by atoms with E-state index in [1.165, 1.54) is 12.3 Å². The van der Waals surface area contributed by atoms with Crippen molar-refractivity contribution in [1.82, 2.24) is 0 Å². The van der Waals surface area contributed by atoms with Crippen molar-refractivity contribution in [3.05, 3.63) is 24.1 Å². The summed E-state index contributed by atoms with van der Waals surface area (Å²) in [7, 11) is 0. The number of nitrogens with zero attached hydrogens (tertiary/aromatic N) is 1. The van der Waals surface area contributed by atoms with Gasteiger partial charge in [0.15, 0.2) is 0 Å². The molecule has 2 nitrogen and oxygen atoms in total. The standard InChI is InChI=1S/C6H9NO/c1-6(8)4-3-5-7-2/h3-5,8H,2H2,1H3/b5-3-,6-4+. The van der Waals surface area contributed by atoms with Crippen LogP contribution in [-0.4, -0.2) is 11.8 Å². The van der Waals surface area contributed by atoms with E-state index in [1.54, 1.807) is 13.0 Å². The minimum absolute atomic E-state index is 0.268. The highest BCUT2D eigenvalue weighted by Crippen LogP contribution is 1.84. The lowest BCUT2D eigenvalue weighted by Crippen LogP contribution is -1.63. The van der Waals surface area contributed by atoms with Gasteiger partial charge in [-0.1, -0.05) is 0 Å². The zero-order valence-corrected chi connectivity index (χ0v) is 4.83. The van der Waals surface area contributed by atoms with Crippen LogP contribution in [0.25, 0.3) is 0 Å². The Bertz CT molecular complexity index is 120. The molecule has 0 amide bonds. The first-order valence-electron chi connectivity index (χ1n) is 2.25. The van der Waals surface area contributed by atoms with Gasteiger partial charge in [-0.15, -0.1) is 0 Å². The summed E-state index contributed by atoms with van der Waals surface area (Å²) in [6, 6.07) is 0. The highest BCUT2D eigenvalue weighted by atomic mass is 16.3. The number of aliphatic imine (C=N–C) groups is 1. The number of hydrogen-bond donors (Lipinski definition) is 1. The van der Waals surface area contributed by atoms with Crippen molar-refractivity contribution >= 4 is 6.72 Å². The summed E-state index contributed by atoms with van der Waals surface area (Å²) >= 11 is 0. The molecule has 0 fully saturated rings. The van der Waals surface area contributed by atoms with Crippen LogP contribution in [0.5, 0.6) is 0 Å². The third-order valence-corrected chi connectivity index (χ3v) is 0.529. The summed E-state index contributed by atoms with van der Waals surface area (Å²) < 4.78 is 0. The van der Waals surface area contributed by atoms with Gasteiger partial charge in [-0.3, -0.25) is 4.99 Å². The number of rotatable bonds is 2. The molecule has 2 heteroatoms. The van der Waals surface area contributed by atoms with E-state index in [4.69, 9.17) is 5.11 Å². The Morgan fingerprint density at radius 1 is 1.75 bits per heavy atom. The fraction of sp³-hybridized carbons (Fsp3) is 0.167. The van der Waals surface area contributed by atoms with Gasteiger partial charge in [0.1, 0.15) is 0 Å². The number of hydrogen-bond acceptors (Lipinski definition) is 2. The predicted octanol–water partition coefficient (Wildman–Crippen LogP) is 1.66. The maximum atomic E-state index is 8.53. The summed E-state index contributed by atoms with van der Waals surface area (Å²) in [5.41, 5.74) is 0. The third-order valence-electron chi connectivity index (χ3n) is 0.529. The van der Waals surface area contributed by atoms with Crippen LogP contribution in [0.4, 0.5) is 0 Å². The molecule has 0 saturated heterocycles. The molecule has 0 saturated carbocycles. The Hall–Kier alpha value is -1.05. The van der Waals surface area contributed by atoms with Crippen molar-refractivity contribution in [3.8, 4) is 0 Å². The first kappa shape index (κ1) is 6.95. The molecule has 8 heavy (non-hydrogen) atoms.